The Morgan fingerprint density at radius 2 is 2.44 bits per heavy atom. The SMILES string of the molecule is Cn1ccnc1CCNCC(O)COCC1CC1. The van der Waals surface area contributed by atoms with Crippen LogP contribution in [0.3, 0.4) is 0 Å². The monoisotopic (exact) mass is 253 g/mol. The van der Waals surface area contributed by atoms with Crippen LogP contribution in [0, 0.1) is 5.92 Å². The number of nitrogens with zero attached hydrogens (tertiary/aromatic N) is 2. The molecule has 1 aromatic heterocycles. The van der Waals surface area contributed by atoms with E-state index in [4.69, 9.17) is 4.74 Å². The minimum atomic E-state index is -0.412. The fourth-order valence-corrected chi connectivity index (χ4v) is 1.82. The number of ether oxygens (including phenoxy) is 1. The number of hydrogen-bond acceptors (Lipinski definition) is 4. The number of aliphatic hydroxyl groups excluding tert-OH is 1. The summed E-state index contributed by atoms with van der Waals surface area (Å²) in [6.45, 7) is 2.65. The molecule has 1 atom stereocenters. The van der Waals surface area contributed by atoms with E-state index in [2.05, 4.69) is 10.3 Å². The molecule has 18 heavy (non-hydrogen) atoms. The zero-order valence-electron chi connectivity index (χ0n) is 11.0. The summed E-state index contributed by atoms with van der Waals surface area (Å²) in [5.74, 6) is 1.82. The van der Waals surface area contributed by atoms with Gasteiger partial charge in [-0.15, -0.1) is 0 Å². The normalized spacial score (nSPS) is 17.0. The summed E-state index contributed by atoms with van der Waals surface area (Å²) in [6.07, 6.45) is 6.78. The Bertz CT molecular complexity index is 350. The fraction of sp³-hybridized carbons (Fsp3) is 0.769. The van der Waals surface area contributed by atoms with Crippen LogP contribution in [0.5, 0.6) is 0 Å². The van der Waals surface area contributed by atoms with Crippen LogP contribution < -0.4 is 5.32 Å². The molecule has 1 saturated carbocycles. The van der Waals surface area contributed by atoms with Gasteiger partial charge in [0.05, 0.1) is 12.7 Å². The van der Waals surface area contributed by atoms with E-state index in [1.807, 2.05) is 17.8 Å². The lowest BCUT2D eigenvalue weighted by molar-refractivity contribution is 0.0327. The van der Waals surface area contributed by atoms with E-state index in [0.717, 1.165) is 31.3 Å². The number of aliphatic hydroxyl groups is 1. The molecule has 1 unspecified atom stereocenters. The first-order valence-electron chi connectivity index (χ1n) is 6.68. The second-order valence-corrected chi connectivity index (χ2v) is 5.04. The molecule has 5 heteroatoms. The Balaban J connectivity index is 1.47. The van der Waals surface area contributed by atoms with Gasteiger partial charge in [-0.2, -0.15) is 0 Å². The van der Waals surface area contributed by atoms with Gasteiger partial charge in [0.2, 0.25) is 0 Å². The van der Waals surface area contributed by atoms with E-state index >= 15 is 0 Å². The molecule has 1 aliphatic carbocycles. The molecule has 0 aliphatic heterocycles. The minimum absolute atomic E-state index is 0.412. The fourth-order valence-electron chi connectivity index (χ4n) is 1.82. The summed E-state index contributed by atoms with van der Waals surface area (Å²) in [6, 6.07) is 0. The summed E-state index contributed by atoms with van der Waals surface area (Å²) in [7, 11) is 1.99. The van der Waals surface area contributed by atoms with Gasteiger partial charge >= 0.3 is 0 Å². The van der Waals surface area contributed by atoms with E-state index in [1.165, 1.54) is 12.8 Å². The molecule has 5 nitrogen and oxygen atoms in total. The molecule has 0 aromatic carbocycles. The number of nitrogens with one attached hydrogen (secondary N) is 1. The largest absolute Gasteiger partial charge is 0.389 e. The zero-order chi connectivity index (χ0) is 12.8. The van der Waals surface area contributed by atoms with Crippen LogP contribution in [0.4, 0.5) is 0 Å². The van der Waals surface area contributed by atoms with E-state index in [9.17, 15) is 5.11 Å². The van der Waals surface area contributed by atoms with Crippen LogP contribution in [-0.4, -0.2) is 47.1 Å². The van der Waals surface area contributed by atoms with Crippen molar-refractivity contribution in [2.24, 2.45) is 13.0 Å². The highest BCUT2D eigenvalue weighted by Crippen LogP contribution is 2.28. The molecule has 0 spiro atoms. The van der Waals surface area contributed by atoms with Gasteiger partial charge in [0.15, 0.2) is 0 Å². The summed E-state index contributed by atoms with van der Waals surface area (Å²) in [4.78, 5) is 4.24. The summed E-state index contributed by atoms with van der Waals surface area (Å²) >= 11 is 0. The molecule has 2 rings (SSSR count). The van der Waals surface area contributed by atoms with E-state index < -0.39 is 6.10 Å². The molecule has 0 bridgehead atoms. The molecular formula is C13H23N3O2. The standard InChI is InChI=1S/C13H23N3O2/c1-16-7-6-15-13(16)4-5-14-8-12(17)10-18-9-11-2-3-11/h6-7,11-12,14,17H,2-5,8-10H2,1H3. The maximum Gasteiger partial charge on any atom is 0.109 e. The molecule has 1 aromatic rings. The lowest BCUT2D eigenvalue weighted by atomic mass is 10.3. The molecule has 102 valence electrons. The second kappa shape index (κ2) is 6.87. The lowest BCUT2D eigenvalue weighted by Gasteiger charge is -2.12. The predicted molar refractivity (Wildman–Crippen MR) is 69.3 cm³/mol. The van der Waals surface area contributed by atoms with Crippen LogP contribution in [0.25, 0.3) is 0 Å². The van der Waals surface area contributed by atoms with Gasteiger partial charge in [0.1, 0.15) is 5.82 Å². The lowest BCUT2D eigenvalue weighted by Crippen LogP contribution is -2.32. The van der Waals surface area contributed by atoms with Gasteiger partial charge in [-0.3, -0.25) is 0 Å². The molecule has 1 heterocycles. The van der Waals surface area contributed by atoms with Crippen LogP contribution >= 0.6 is 0 Å². The summed E-state index contributed by atoms with van der Waals surface area (Å²) in [5, 5.41) is 12.9. The first kappa shape index (κ1) is 13.5. The van der Waals surface area contributed by atoms with Crippen molar-refractivity contribution in [3.05, 3.63) is 18.2 Å². The topological polar surface area (TPSA) is 59.3 Å². The van der Waals surface area contributed by atoms with Crippen LogP contribution in [0.1, 0.15) is 18.7 Å². The van der Waals surface area contributed by atoms with Crippen LogP contribution in [0.2, 0.25) is 0 Å². The molecule has 1 aliphatic rings. The van der Waals surface area contributed by atoms with Gasteiger partial charge < -0.3 is 19.7 Å². The molecule has 1 fully saturated rings. The Hall–Kier alpha value is -0.910. The first-order valence-corrected chi connectivity index (χ1v) is 6.68. The van der Waals surface area contributed by atoms with Gasteiger partial charge in [0.25, 0.3) is 0 Å². The van der Waals surface area contributed by atoms with Crippen molar-refractivity contribution in [2.45, 2.75) is 25.4 Å². The third-order valence-electron chi connectivity index (χ3n) is 3.19. The maximum atomic E-state index is 9.69. The minimum Gasteiger partial charge on any atom is -0.389 e. The van der Waals surface area contributed by atoms with Gasteiger partial charge in [-0.1, -0.05) is 0 Å². The number of aryl methyl sites for hydroxylation is 1. The Labute approximate surface area is 108 Å². The zero-order valence-corrected chi connectivity index (χ0v) is 11.0. The second-order valence-electron chi connectivity index (χ2n) is 5.04. The Morgan fingerprint density at radius 3 is 3.11 bits per heavy atom. The van der Waals surface area contributed by atoms with Crippen LogP contribution in [0.15, 0.2) is 12.4 Å². The summed E-state index contributed by atoms with van der Waals surface area (Å²) in [5.41, 5.74) is 0. The Kier molecular flexibility index (Phi) is 5.16. The van der Waals surface area contributed by atoms with Crippen molar-refractivity contribution < 1.29 is 9.84 Å². The molecule has 2 N–H and O–H groups in total. The average Bonchev–Trinajstić information content (AvgIpc) is 3.08. The predicted octanol–water partition coefficient (Wildman–Crippen LogP) is 0.340. The van der Waals surface area contributed by atoms with Crippen LogP contribution in [-0.2, 0) is 18.2 Å². The number of aromatic nitrogens is 2. The highest BCUT2D eigenvalue weighted by atomic mass is 16.5. The number of rotatable bonds is 9. The van der Waals surface area contributed by atoms with Gasteiger partial charge in [-0.05, 0) is 18.8 Å². The van der Waals surface area contributed by atoms with E-state index in [1.54, 1.807) is 6.20 Å². The third-order valence-corrected chi connectivity index (χ3v) is 3.19. The molecular weight excluding hydrogens is 230 g/mol. The average molecular weight is 253 g/mol. The number of imidazole rings is 1. The Morgan fingerprint density at radius 1 is 1.61 bits per heavy atom. The molecule has 0 amide bonds. The highest BCUT2D eigenvalue weighted by molar-refractivity contribution is 4.91. The van der Waals surface area contributed by atoms with Crippen molar-refractivity contribution in [2.75, 3.05) is 26.3 Å². The van der Waals surface area contributed by atoms with E-state index in [-0.39, 0.29) is 0 Å². The summed E-state index contributed by atoms with van der Waals surface area (Å²) < 4.78 is 7.45. The third kappa shape index (κ3) is 4.76. The molecule has 0 saturated heterocycles. The smallest absolute Gasteiger partial charge is 0.109 e. The first-order chi connectivity index (χ1) is 8.75. The van der Waals surface area contributed by atoms with E-state index in [0.29, 0.717) is 13.2 Å². The number of hydrogen-bond donors (Lipinski definition) is 2. The van der Waals surface area contributed by atoms with Crippen molar-refractivity contribution >= 4 is 0 Å². The maximum absolute atomic E-state index is 9.69. The quantitative estimate of drug-likeness (QED) is 0.623. The van der Waals surface area contributed by atoms with Crippen molar-refractivity contribution in [1.82, 2.24) is 14.9 Å². The van der Waals surface area contributed by atoms with Crippen molar-refractivity contribution in [3.8, 4) is 0 Å². The van der Waals surface area contributed by atoms with Gasteiger partial charge in [0, 0.05) is 45.6 Å². The molecule has 0 radical (unpaired) electrons. The highest BCUT2D eigenvalue weighted by Gasteiger charge is 2.21. The van der Waals surface area contributed by atoms with Crippen molar-refractivity contribution in [1.29, 1.82) is 0 Å². The van der Waals surface area contributed by atoms with Crippen molar-refractivity contribution in [3.63, 3.8) is 0 Å². The van der Waals surface area contributed by atoms with Gasteiger partial charge in [-0.25, -0.2) is 4.98 Å².